The Morgan fingerprint density at radius 1 is 0.969 bits per heavy atom. The SMILES string of the molecule is COc1ccc(CC2(c3ccc(F)cc3)N=C(N)N(CCCc3ccccc3)C2=O)cc1. The summed E-state index contributed by atoms with van der Waals surface area (Å²) in [5, 5.41) is 0. The number of ether oxygens (including phenoxy) is 1. The summed E-state index contributed by atoms with van der Waals surface area (Å²) < 4.78 is 18.9. The Labute approximate surface area is 187 Å². The van der Waals surface area contributed by atoms with E-state index in [4.69, 9.17) is 10.5 Å². The van der Waals surface area contributed by atoms with Crippen molar-refractivity contribution < 1.29 is 13.9 Å². The number of amides is 1. The number of nitrogens with zero attached hydrogens (tertiary/aromatic N) is 2. The van der Waals surface area contributed by atoms with Gasteiger partial charge in [0, 0.05) is 13.0 Å². The predicted octanol–water partition coefficient (Wildman–Crippen LogP) is 4.06. The number of hydrogen-bond donors (Lipinski definition) is 1. The van der Waals surface area contributed by atoms with Gasteiger partial charge in [-0.2, -0.15) is 0 Å². The van der Waals surface area contributed by atoms with Gasteiger partial charge in [-0.1, -0.05) is 54.6 Å². The Bertz CT molecular complexity index is 1100. The van der Waals surface area contributed by atoms with Gasteiger partial charge in [-0.25, -0.2) is 9.38 Å². The molecule has 1 amide bonds. The number of benzene rings is 3. The molecule has 1 heterocycles. The topological polar surface area (TPSA) is 67.9 Å². The van der Waals surface area contributed by atoms with E-state index in [0.717, 1.165) is 24.2 Å². The fourth-order valence-corrected chi connectivity index (χ4v) is 4.10. The Kier molecular flexibility index (Phi) is 6.21. The molecule has 1 atom stereocenters. The van der Waals surface area contributed by atoms with Crippen LogP contribution < -0.4 is 10.5 Å². The van der Waals surface area contributed by atoms with Crippen molar-refractivity contribution in [2.45, 2.75) is 24.8 Å². The lowest BCUT2D eigenvalue weighted by Crippen LogP contribution is -2.44. The van der Waals surface area contributed by atoms with Gasteiger partial charge >= 0.3 is 0 Å². The van der Waals surface area contributed by atoms with Crippen LogP contribution in [0.2, 0.25) is 0 Å². The van der Waals surface area contributed by atoms with Crippen LogP contribution in [-0.4, -0.2) is 30.4 Å². The van der Waals surface area contributed by atoms with Crippen LogP contribution in [0.15, 0.2) is 83.9 Å². The van der Waals surface area contributed by atoms with Crippen molar-refractivity contribution in [1.29, 1.82) is 0 Å². The van der Waals surface area contributed by atoms with Gasteiger partial charge in [0.1, 0.15) is 11.6 Å². The molecule has 5 nitrogen and oxygen atoms in total. The maximum Gasteiger partial charge on any atom is 0.262 e. The van der Waals surface area contributed by atoms with Gasteiger partial charge in [0.15, 0.2) is 11.5 Å². The molecule has 4 rings (SSSR count). The summed E-state index contributed by atoms with van der Waals surface area (Å²) in [4.78, 5) is 19.9. The molecular weight excluding hydrogens is 405 g/mol. The first-order valence-corrected chi connectivity index (χ1v) is 10.6. The average molecular weight is 432 g/mol. The van der Waals surface area contributed by atoms with Gasteiger partial charge in [-0.3, -0.25) is 9.69 Å². The molecular formula is C26H26FN3O2. The van der Waals surface area contributed by atoms with Gasteiger partial charge in [-0.05, 0) is 53.8 Å². The number of nitrogens with two attached hydrogens (primary N) is 1. The normalized spacial score (nSPS) is 18.0. The monoisotopic (exact) mass is 431 g/mol. The number of carbonyl (C=O) groups excluding carboxylic acids is 1. The first kappa shape index (κ1) is 21.6. The van der Waals surface area contributed by atoms with Gasteiger partial charge < -0.3 is 10.5 Å². The number of halogens is 1. The minimum atomic E-state index is -1.22. The molecule has 0 bridgehead atoms. The molecule has 1 unspecified atom stereocenters. The van der Waals surface area contributed by atoms with Crippen LogP contribution in [0.5, 0.6) is 5.75 Å². The first-order chi connectivity index (χ1) is 15.5. The van der Waals surface area contributed by atoms with E-state index in [9.17, 15) is 9.18 Å². The van der Waals surface area contributed by atoms with Crippen molar-refractivity contribution in [1.82, 2.24) is 4.90 Å². The summed E-state index contributed by atoms with van der Waals surface area (Å²) in [5.74, 6) is 0.370. The summed E-state index contributed by atoms with van der Waals surface area (Å²) in [6.07, 6.45) is 1.91. The van der Waals surface area contributed by atoms with Gasteiger partial charge in [-0.15, -0.1) is 0 Å². The molecule has 0 radical (unpaired) electrons. The molecule has 0 aliphatic carbocycles. The highest BCUT2D eigenvalue weighted by Gasteiger charge is 2.49. The molecule has 0 saturated heterocycles. The van der Waals surface area contributed by atoms with Crippen molar-refractivity contribution in [3.63, 3.8) is 0 Å². The van der Waals surface area contributed by atoms with E-state index in [-0.39, 0.29) is 17.7 Å². The van der Waals surface area contributed by atoms with E-state index in [2.05, 4.69) is 17.1 Å². The third-order valence-corrected chi connectivity index (χ3v) is 5.81. The van der Waals surface area contributed by atoms with Gasteiger partial charge in [0.25, 0.3) is 5.91 Å². The number of aliphatic imine (C=N–C) groups is 1. The average Bonchev–Trinajstić information content (AvgIpc) is 3.05. The van der Waals surface area contributed by atoms with Crippen LogP contribution in [-0.2, 0) is 23.2 Å². The highest BCUT2D eigenvalue weighted by Crippen LogP contribution is 2.37. The van der Waals surface area contributed by atoms with E-state index < -0.39 is 5.54 Å². The number of aryl methyl sites for hydroxylation is 1. The van der Waals surface area contributed by atoms with Crippen LogP contribution in [0.3, 0.4) is 0 Å². The number of guanidine groups is 1. The summed E-state index contributed by atoms with van der Waals surface area (Å²) in [7, 11) is 1.60. The Hall–Kier alpha value is -3.67. The molecule has 0 spiro atoms. The smallest absolute Gasteiger partial charge is 0.262 e. The maximum atomic E-state index is 13.7. The molecule has 2 N–H and O–H groups in total. The lowest BCUT2D eigenvalue weighted by atomic mass is 9.83. The zero-order valence-electron chi connectivity index (χ0n) is 18.0. The quantitative estimate of drug-likeness (QED) is 0.585. The second-order valence-electron chi connectivity index (χ2n) is 7.91. The summed E-state index contributed by atoms with van der Waals surface area (Å²) in [5.41, 5.74) is 7.76. The summed E-state index contributed by atoms with van der Waals surface area (Å²) in [6.45, 7) is 0.467. The molecule has 0 aromatic heterocycles. The number of rotatable bonds is 8. The zero-order chi connectivity index (χ0) is 22.6. The molecule has 6 heteroatoms. The molecule has 3 aromatic carbocycles. The molecule has 32 heavy (non-hydrogen) atoms. The van der Waals surface area contributed by atoms with E-state index in [1.165, 1.54) is 17.7 Å². The van der Waals surface area contributed by atoms with Crippen LogP contribution in [0, 0.1) is 5.82 Å². The number of carbonyl (C=O) groups is 1. The van der Waals surface area contributed by atoms with Crippen LogP contribution in [0.25, 0.3) is 0 Å². The second-order valence-corrected chi connectivity index (χ2v) is 7.91. The van der Waals surface area contributed by atoms with Crippen LogP contribution in [0.1, 0.15) is 23.1 Å². The summed E-state index contributed by atoms with van der Waals surface area (Å²) >= 11 is 0. The lowest BCUT2D eigenvalue weighted by Gasteiger charge is -2.27. The van der Waals surface area contributed by atoms with Gasteiger partial charge in [0.2, 0.25) is 0 Å². The van der Waals surface area contributed by atoms with Crippen LogP contribution >= 0.6 is 0 Å². The van der Waals surface area contributed by atoms with E-state index in [1.54, 1.807) is 24.1 Å². The third-order valence-electron chi connectivity index (χ3n) is 5.81. The first-order valence-electron chi connectivity index (χ1n) is 10.6. The Balaban J connectivity index is 1.60. The van der Waals surface area contributed by atoms with E-state index >= 15 is 0 Å². The predicted molar refractivity (Wildman–Crippen MR) is 123 cm³/mol. The fourth-order valence-electron chi connectivity index (χ4n) is 4.10. The second kappa shape index (κ2) is 9.22. The van der Waals surface area contributed by atoms with Crippen LogP contribution in [0.4, 0.5) is 4.39 Å². The van der Waals surface area contributed by atoms with Crippen molar-refractivity contribution in [2.24, 2.45) is 10.7 Å². The number of hydrogen-bond acceptors (Lipinski definition) is 4. The van der Waals surface area contributed by atoms with Crippen molar-refractivity contribution in [2.75, 3.05) is 13.7 Å². The minimum absolute atomic E-state index is 0.189. The lowest BCUT2D eigenvalue weighted by molar-refractivity contribution is -0.131. The molecule has 3 aromatic rings. The van der Waals surface area contributed by atoms with Crippen molar-refractivity contribution in [3.8, 4) is 5.75 Å². The fraction of sp³-hybridized carbons (Fsp3) is 0.231. The molecule has 1 aliphatic heterocycles. The Morgan fingerprint density at radius 3 is 2.31 bits per heavy atom. The van der Waals surface area contributed by atoms with Gasteiger partial charge in [0.05, 0.1) is 7.11 Å². The van der Waals surface area contributed by atoms with E-state index in [1.807, 2.05) is 42.5 Å². The van der Waals surface area contributed by atoms with Crippen molar-refractivity contribution >= 4 is 11.9 Å². The third kappa shape index (κ3) is 4.35. The van der Waals surface area contributed by atoms with Crippen molar-refractivity contribution in [3.05, 3.63) is 101 Å². The number of methoxy groups -OCH3 is 1. The highest BCUT2D eigenvalue weighted by atomic mass is 19.1. The largest absolute Gasteiger partial charge is 0.497 e. The molecule has 0 saturated carbocycles. The molecule has 164 valence electrons. The standard InChI is InChI=1S/C26H26FN3O2/c1-32-23-15-9-20(10-16-23)18-26(21-11-13-22(27)14-12-21)24(31)30(25(28)29-26)17-5-8-19-6-3-2-4-7-19/h2-4,6-7,9-16H,5,8,17-18H2,1H3,(H2,28,29). The Morgan fingerprint density at radius 2 is 1.66 bits per heavy atom. The highest BCUT2D eigenvalue weighted by molar-refractivity contribution is 6.07. The zero-order valence-corrected chi connectivity index (χ0v) is 18.0. The minimum Gasteiger partial charge on any atom is -0.497 e. The summed E-state index contributed by atoms with van der Waals surface area (Å²) in [6, 6.07) is 23.5. The molecule has 1 aliphatic rings. The van der Waals surface area contributed by atoms with E-state index in [0.29, 0.717) is 18.5 Å². The molecule has 0 fully saturated rings. The maximum absolute atomic E-state index is 13.7.